The van der Waals surface area contributed by atoms with Crippen molar-refractivity contribution in [3.8, 4) is 0 Å². The molecule has 9 heteroatoms. The zero-order valence-electron chi connectivity index (χ0n) is 11.4. The van der Waals surface area contributed by atoms with E-state index in [1.165, 1.54) is 0 Å². The highest BCUT2D eigenvalue weighted by Crippen LogP contribution is 2.30. The van der Waals surface area contributed by atoms with Crippen molar-refractivity contribution < 1.29 is 18.0 Å². The van der Waals surface area contributed by atoms with Crippen LogP contribution < -0.4 is 16.0 Å². The number of hydrogen-bond acceptors (Lipinski definition) is 5. The molecule has 1 saturated heterocycles. The van der Waals surface area contributed by atoms with E-state index in [-0.39, 0.29) is 23.7 Å². The quantitative estimate of drug-likeness (QED) is 0.788. The summed E-state index contributed by atoms with van der Waals surface area (Å²) in [5.74, 6) is -0.0378. The fourth-order valence-electron chi connectivity index (χ4n) is 1.97. The van der Waals surface area contributed by atoms with Gasteiger partial charge in [0, 0.05) is 31.6 Å². The van der Waals surface area contributed by atoms with Crippen molar-refractivity contribution >= 4 is 17.7 Å². The summed E-state index contributed by atoms with van der Waals surface area (Å²) in [6, 6.07) is 0.727. The van der Waals surface area contributed by atoms with Crippen molar-refractivity contribution in [3.63, 3.8) is 0 Å². The summed E-state index contributed by atoms with van der Waals surface area (Å²) in [7, 11) is 0. The number of halogens is 3. The number of nitrogens with one attached hydrogen (secondary N) is 3. The first-order valence-corrected chi connectivity index (χ1v) is 6.62. The third kappa shape index (κ3) is 4.20. The molecule has 0 aliphatic carbocycles. The van der Waals surface area contributed by atoms with Crippen LogP contribution in [-0.2, 0) is 11.0 Å². The Kier molecular flexibility index (Phi) is 4.49. The minimum absolute atomic E-state index is 0.0555. The van der Waals surface area contributed by atoms with Crippen LogP contribution in [-0.4, -0.2) is 35.0 Å². The molecule has 1 atom stereocenters. The highest BCUT2D eigenvalue weighted by Gasteiger charge is 2.34. The monoisotopic (exact) mass is 303 g/mol. The first-order chi connectivity index (χ1) is 9.88. The third-order valence-electron chi connectivity index (χ3n) is 2.97. The van der Waals surface area contributed by atoms with E-state index in [4.69, 9.17) is 0 Å². The van der Waals surface area contributed by atoms with Crippen LogP contribution in [0, 0.1) is 0 Å². The maximum absolute atomic E-state index is 12.8. The summed E-state index contributed by atoms with van der Waals surface area (Å²) in [5, 5.41) is 8.23. The lowest BCUT2D eigenvalue weighted by molar-refractivity contribution is -0.141. The van der Waals surface area contributed by atoms with Crippen molar-refractivity contribution in [2.24, 2.45) is 0 Å². The summed E-state index contributed by atoms with van der Waals surface area (Å²) in [6.45, 7) is 2.52. The zero-order chi connectivity index (χ0) is 15.5. The van der Waals surface area contributed by atoms with E-state index in [0.717, 1.165) is 6.07 Å². The second-order valence-electron chi connectivity index (χ2n) is 4.67. The van der Waals surface area contributed by atoms with Crippen LogP contribution in [0.1, 0.15) is 25.5 Å². The van der Waals surface area contributed by atoms with Crippen LogP contribution in [0.25, 0.3) is 0 Å². The molecule has 2 heterocycles. The first-order valence-electron chi connectivity index (χ1n) is 6.62. The Bertz CT molecular complexity index is 510. The van der Waals surface area contributed by atoms with Crippen LogP contribution in [0.2, 0.25) is 0 Å². The fourth-order valence-corrected chi connectivity index (χ4v) is 1.97. The Morgan fingerprint density at radius 3 is 2.76 bits per heavy atom. The molecule has 1 aromatic rings. The molecule has 1 amide bonds. The number of carbonyl (C=O) groups is 1. The SMILES string of the molecule is CCNc1nc(NC2CCC(=O)NC2)cc(C(F)(F)F)n1. The standard InChI is InChI=1S/C12H16F3N5O/c1-2-16-11-19-8(12(13,14)15)5-9(20-11)18-7-3-4-10(21)17-6-7/h5,7H,2-4,6H2,1H3,(H,17,21)(H2,16,18,19,20). The molecule has 1 aliphatic rings. The molecule has 0 spiro atoms. The fraction of sp³-hybridized carbons (Fsp3) is 0.583. The van der Waals surface area contributed by atoms with Crippen LogP contribution in [0.15, 0.2) is 6.07 Å². The summed E-state index contributed by atoms with van der Waals surface area (Å²) < 4.78 is 38.4. The van der Waals surface area contributed by atoms with Gasteiger partial charge in [0.1, 0.15) is 5.82 Å². The lowest BCUT2D eigenvalue weighted by Crippen LogP contribution is -2.42. The molecule has 1 aromatic heterocycles. The van der Waals surface area contributed by atoms with Gasteiger partial charge < -0.3 is 16.0 Å². The van der Waals surface area contributed by atoms with Crippen LogP contribution >= 0.6 is 0 Å². The molecule has 1 unspecified atom stereocenters. The highest BCUT2D eigenvalue weighted by atomic mass is 19.4. The van der Waals surface area contributed by atoms with Gasteiger partial charge in [-0.05, 0) is 13.3 Å². The summed E-state index contributed by atoms with van der Waals surface area (Å²) in [5.41, 5.74) is -1.00. The molecule has 0 aromatic carbocycles. The minimum atomic E-state index is -4.54. The molecule has 0 radical (unpaired) electrons. The average molecular weight is 303 g/mol. The van der Waals surface area contributed by atoms with E-state index in [9.17, 15) is 18.0 Å². The number of carbonyl (C=O) groups excluding carboxylic acids is 1. The van der Waals surface area contributed by atoms with Crippen LogP contribution in [0.5, 0.6) is 0 Å². The normalized spacial score (nSPS) is 19.0. The molecule has 2 rings (SSSR count). The zero-order valence-corrected chi connectivity index (χ0v) is 11.4. The number of nitrogens with zero attached hydrogens (tertiary/aromatic N) is 2. The van der Waals surface area contributed by atoms with E-state index in [1.54, 1.807) is 6.92 Å². The Balaban J connectivity index is 2.17. The van der Waals surface area contributed by atoms with E-state index in [1.807, 2.05) is 0 Å². The maximum atomic E-state index is 12.8. The minimum Gasteiger partial charge on any atom is -0.365 e. The summed E-state index contributed by atoms with van der Waals surface area (Å²) in [4.78, 5) is 18.5. The number of anilines is 2. The van der Waals surface area contributed by atoms with Gasteiger partial charge in [-0.25, -0.2) is 4.98 Å². The average Bonchev–Trinajstić information content (AvgIpc) is 2.41. The highest BCUT2D eigenvalue weighted by molar-refractivity contribution is 5.77. The molecule has 3 N–H and O–H groups in total. The number of aromatic nitrogens is 2. The molecular formula is C12H16F3N5O. The van der Waals surface area contributed by atoms with Crippen LogP contribution in [0.3, 0.4) is 0 Å². The predicted octanol–water partition coefficient (Wildman–Crippen LogP) is 1.62. The van der Waals surface area contributed by atoms with Gasteiger partial charge in [-0.1, -0.05) is 0 Å². The molecule has 1 fully saturated rings. The predicted molar refractivity (Wildman–Crippen MR) is 70.9 cm³/mol. The van der Waals surface area contributed by atoms with Gasteiger partial charge in [0.25, 0.3) is 0 Å². The van der Waals surface area contributed by atoms with E-state index >= 15 is 0 Å². The van der Waals surface area contributed by atoms with Gasteiger partial charge in [0.15, 0.2) is 5.69 Å². The van der Waals surface area contributed by atoms with Crippen molar-refractivity contribution in [2.45, 2.75) is 32.0 Å². The lowest BCUT2D eigenvalue weighted by atomic mass is 10.1. The number of amides is 1. The molecule has 0 saturated carbocycles. The van der Waals surface area contributed by atoms with Gasteiger partial charge >= 0.3 is 6.18 Å². The Morgan fingerprint density at radius 1 is 1.43 bits per heavy atom. The molecule has 0 bridgehead atoms. The molecular weight excluding hydrogens is 287 g/mol. The Labute approximate surface area is 119 Å². The van der Waals surface area contributed by atoms with Crippen molar-refractivity contribution in [1.29, 1.82) is 0 Å². The number of alkyl halides is 3. The summed E-state index contributed by atoms with van der Waals surface area (Å²) >= 11 is 0. The largest absolute Gasteiger partial charge is 0.433 e. The Morgan fingerprint density at radius 2 is 2.19 bits per heavy atom. The van der Waals surface area contributed by atoms with Gasteiger partial charge in [0.05, 0.1) is 0 Å². The number of rotatable bonds is 4. The third-order valence-corrected chi connectivity index (χ3v) is 2.97. The first kappa shape index (κ1) is 15.3. The van der Waals surface area contributed by atoms with Crippen molar-refractivity contribution in [3.05, 3.63) is 11.8 Å². The molecule has 6 nitrogen and oxygen atoms in total. The Hall–Kier alpha value is -2.06. The van der Waals surface area contributed by atoms with Gasteiger partial charge in [-0.3, -0.25) is 4.79 Å². The van der Waals surface area contributed by atoms with E-state index in [2.05, 4.69) is 25.9 Å². The van der Waals surface area contributed by atoms with Crippen molar-refractivity contribution in [1.82, 2.24) is 15.3 Å². The number of hydrogen-bond donors (Lipinski definition) is 3. The molecule has 116 valence electrons. The van der Waals surface area contributed by atoms with E-state index in [0.29, 0.717) is 25.9 Å². The lowest BCUT2D eigenvalue weighted by Gasteiger charge is -2.24. The second kappa shape index (κ2) is 6.15. The number of piperidine rings is 1. The smallest absolute Gasteiger partial charge is 0.365 e. The van der Waals surface area contributed by atoms with Crippen molar-refractivity contribution in [2.75, 3.05) is 23.7 Å². The van der Waals surface area contributed by atoms with Gasteiger partial charge in [-0.15, -0.1) is 0 Å². The summed E-state index contributed by atoms with van der Waals surface area (Å²) in [6.07, 6.45) is -3.65. The van der Waals surface area contributed by atoms with Gasteiger partial charge in [-0.2, -0.15) is 18.2 Å². The molecule has 1 aliphatic heterocycles. The van der Waals surface area contributed by atoms with Gasteiger partial charge in [0.2, 0.25) is 11.9 Å². The molecule has 21 heavy (non-hydrogen) atoms. The van der Waals surface area contributed by atoms with Crippen LogP contribution in [0.4, 0.5) is 24.9 Å². The maximum Gasteiger partial charge on any atom is 0.433 e. The topological polar surface area (TPSA) is 78.9 Å². The van der Waals surface area contributed by atoms with E-state index < -0.39 is 11.9 Å². The second-order valence-corrected chi connectivity index (χ2v) is 4.67.